The number of alkyl halides is 3. The Kier molecular flexibility index (Phi) is 49.7. The number of nitrogens with two attached hydrogens (primary N) is 1. The Morgan fingerprint density at radius 3 is 1.37 bits per heavy atom. The molecule has 38 heteroatoms. The Hall–Kier alpha value is -10.9. The summed E-state index contributed by atoms with van der Waals surface area (Å²) >= 11 is 6.26. The minimum Gasteiger partial charge on any atom is -0.492 e. The lowest BCUT2D eigenvalue weighted by Gasteiger charge is -2.30. The lowest BCUT2D eigenvalue weighted by molar-refractivity contribution is -0.379. The molecule has 1 amide bonds. The Balaban J connectivity index is 0.000000160. The molecule has 14 heterocycles. The third kappa shape index (κ3) is 41.2. The number of nitroso groups, excluding NO2 is 1. The number of ether oxygens (including phenoxy) is 1. The summed E-state index contributed by atoms with van der Waals surface area (Å²) in [4.78, 5) is 68.5. The minimum absolute atomic E-state index is 0.0463. The van der Waals surface area contributed by atoms with E-state index in [4.69, 9.17) is 22.1 Å². The molecule has 3 aromatic heterocycles. The van der Waals surface area contributed by atoms with Gasteiger partial charge >= 0.3 is 6.18 Å². The lowest BCUT2D eigenvalue weighted by Crippen LogP contribution is -2.55. The summed E-state index contributed by atoms with van der Waals surface area (Å²) in [6.07, 6.45) is 12.5. The van der Waals surface area contributed by atoms with Crippen molar-refractivity contribution in [1.82, 2.24) is 77.0 Å². The predicted octanol–water partition coefficient (Wildman–Crippen LogP) is 9.02. The zero-order valence-corrected chi connectivity index (χ0v) is 84.0. The molecule has 0 spiro atoms. The molecule has 768 valence electrons. The summed E-state index contributed by atoms with van der Waals surface area (Å²) in [7, 11) is -2.93. The first-order chi connectivity index (χ1) is 68.5. The summed E-state index contributed by atoms with van der Waals surface area (Å²) < 4.78 is 91.8. The van der Waals surface area contributed by atoms with E-state index < -0.39 is 33.4 Å². The van der Waals surface area contributed by atoms with Gasteiger partial charge in [0.15, 0.2) is 5.78 Å². The maximum Gasteiger partial charge on any atom is 0.417 e. The second-order valence-corrected chi connectivity index (χ2v) is 37.6. The molecule has 9 aromatic rings. The van der Waals surface area contributed by atoms with Crippen LogP contribution in [0, 0.1) is 30.4 Å². The number of benzene rings is 6. The van der Waals surface area contributed by atoms with Gasteiger partial charge in [-0.15, -0.1) is 0 Å². The SMILES string of the molecule is CC(=O)c1ccc(N2CCNCC2)cc1.CS(=O)(=O)N1CCNCC1.Cc1ccc(N2CCNCC2)cc1.Cc1cccc(N2CCNCC2)c1Cl.FC(F)(F)c1ccc(N2CCNCC2)nc1.Fc1ccc(N2CCNCC2)c(F)c1.NC(=O)C1CCCN1.O=[NH+]c1ccc(N2CCNCC2)cc1.c1ccc(OCCN2CCCC2)cc1.c1cnc(N2CCNCC2)nc1.c1cncc(N2CCCC2)c1. The van der Waals surface area contributed by atoms with Gasteiger partial charge in [-0.2, -0.15) is 17.5 Å². The minimum atomic E-state index is -4.31. The van der Waals surface area contributed by atoms with Gasteiger partial charge in [0.05, 0.1) is 46.1 Å². The van der Waals surface area contributed by atoms with Crippen LogP contribution in [0.2, 0.25) is 5.02 Å². The third-order valence-corrected chi connectivity index (χ3v) is 26.7. The molecule has 0 radical (unpaired) electrons. The molecule has 31 nitrogen and oxygen atoms in total. The van der Waals surface area contributed by atoms with Gasteiger partial charge in [-0.1, -0.05) is 59.6 Å². The Labute approximate surface area is 835 Å². The van der Waals surface area contributed by atoms with Gasteiger partial charge in [0.25, 0.3) is 5.69 Å². The number of hydrogen-bond donors (Lipinski definition) is 11. The van der Waals surface area contributed by atoms with Crippen LogP contribution >= 0.6 is 11.6 Å². The van der Waals surface area contributed by atoms with Gasteiger partial charge in [-0.3, -0.25) is 19.5 Å². The lowest BCUT2D eigenvalue weighted by atomic mass is 10.1. The van der Waals surface area contributed by atoms with Crippen molar-refractivity contribution < 1.29 is 49.9 Å². The van der Waals surface area contributed by atoms with E-state index in [-0.39, 0.29) is 17.7 Å². The number of pyridine rings is 2. The van der Waals surface area contributed by atoms with E-state index in [1.54, 1.807) is 19.3 Å². The van der Waals surface area contributed by atoms with Crippen LogP contribution in [0.4, 0.5) is 73.5 Å². The first kappa shape index (κ1) is 112. The monoisotopic (exact) mass is 1990 g/mol. The molecule has 0 saturated carbocycles. The van der Waals surface area contributed by atoms with Crippen molar-refractivity contribution in [3.05, 3.63) is 245 Å². The molecule has 0 bridgehead atoms. The van der Waals surface area contributed by atoms with Crippen molar-refractivity contribution in [2.45, 2.75) is 71.5 Å². The van der Waals surface area contributed by atoms with E-state index in [1.165, 1.54) is 115 Å². The topological polar surface area (TPSA) is 327 Å². The van der Waals surface area contributed by atoms with Gasteiger partial charge in [-0.25, -0.2) is 32.2 Å². The number of anilines is 8. The zero-order valence-electron chi connectivity index (χ0n) is 82.4. The predicted molar refractivity (Wildman–Crippen MR) is 560 cm³/mol. The highest BCUT2D eigenvalue weighted by atomic mass is 35.5. The average Bonchev–Trinajstić information content (AvgIpc) is 1.08. The van der Waals surface area contributed by atoms with E-state index in [0.29, 0.717) is 30.3 Å². The second kappa shape index (κ2) is 62.5. The molecule has 12 N–H and O–H groups in total. The number of nitrogens with zero attached hydrogens (tertiary/aromatic N) is 14. The molecule has 1 unspecified atom stereocenters. The number of para-hydroxylation sites is 1. The quantitative estimate of drug-likeness (QED) is 0.0317. The smallest absolute Gasteiger partial charge is 0.417 e. The van der Waals surface area contributed by atoms with Crippen molar-refractivity contribution in [3.8, 4) is 5.75 Å². The number of hydrogen-bond acceptors (Lipinski definition) is 28. The molecule has 11 saturated heterocycles. The molecule has 11 aliphatic heterocycles. The summed E-state index contributed by atoms with van der Waals surface area (Å²) in [6.45, 7) is 43.7. The van der Waals surface area contributed by atoms with Crippen molar-refractivity contribution in [2.24, 2.45) is 5.73 Å². The fourth-order valence-electron chi connectivity index (χ4n) is 16.8. The molecular weight excluding hydrogens is 1850 g/mol. The Morgan fingerprint density at radius 2 is 0.936 bits per heavy atom. The van der Waals surface area contributed by atoms with Crippen LogP contribution in [0.25, 0.3) is 0 Å². The number of carbonyl (C=O) groups excluding carboxylic acids is 2. The summed E-state index contributed by atoms with van der Waals surface area (Å²) in [5.74, 6) is 1.33. The van der Waals surface area contributed by atoms with Crippen molar-refractivity contribution >= 4 is 84.9 Å². The van der Waals surface area contributed by atoms with E-state index in [1.807, 2.05) is 131 Å². The second-order valence-electron chi connectivity index (χ2n) is 35.3. The number of primary amides is 1. The fraction of sp³-hybridized carbons (Fsp3) is 0.495. The van der Waals surface area contributed by atoms with Gasteiger partial charge < -0.3 is 97.5 Å². The van der Waals surface area contributed by atoms with E-state index in [0.717, 1.165) is 275 Å². The molecule has 6 aromatic carbocycles. The zero-order chi connectivity index (χ0) is 100. The number of sulfonamides is 1. The number of carbonyl (C=O) groups is 2. The number of likely N-dealkylation sites (tertiary alicyclic amines) is 1. The molecule has 141 heavy (non-hydrogen) atoms. The van der Waals surface area contributed by atoms with Gasteiger partial charge in [-0.05, 0) is 194 Å². The van der Waals surface area contributed by atoms with Gasteiger partial charge in [0.1, 0.15) is 29.8 Å². The number of halogens is 6. The van der Waals surface area contributed by atoms with Crippen LogP contribution in [0.3, 0.4) is 0 Å². The number of aromatic nitrogens is 4. The third-order valence-electron chi connectivity index (χ3n) is 24.9. The maximum absolute atomic E-state index is 13.3. The Morgan fingerprint density at radius 1 is 0.468 bits per heavy atom. The van der Waals surface area contributed by atoms with E-state index >= 15 is 0 Å². The Bertz CT molecular complexity index is 5070. The van der Waals surface area contributed by atoms with Crippen LogP contribution in [-0.4, -0.2) is 317 Å². The molecule has 11 aliphatic rings. The van der Waals surface area contributed by atoms with Crippen LogP contribution in [0.15, 0.2) is 201 Å². The van der Waals surface area contributed by atoms with Gasteiger partial charge in [0, 0.05) is 305 Å². The summed E-state index contributed by atoms with van der Waals surface area (Å²) in [6, 6.07) is 52.6. The summed E-state index contributed by atoms with van der Waals surface area (Å²) in [5, 5.41) is 31.8. The van der Waals surface area contributed by atoms with Crippen LogP contribution in [0.1, 0.15) is 72.5 Å². The van der Waals surface area contributed by atoms with Crippen molar-refractivity contribution in [3.63, 3.8) is 0 Å². The van der Waals surface area contributed by atoms with Crippen LogP contribution in [0.5, 0.6) is 5.75 Å². The molecule has 0 aliphatic carbocycles. The number of piperazine rings is 8. The number of ketones is 1. The van der Waals surface area contributed by atoms with Crippen molar-refractivity contribution in [1.29, 1.82) is 0 Å². The fourth-order valence-corrected chi connectivity index (χ4v) is 17.9. The molecule has 20 rings (SSSR count). The molecule has 11 fully saturated rings. The molecular formula is C103H148ClF5N25O6S+. The highest BCUT2D eigenvalue weighted by Crippen LogP contribution is 2.32. The highest BCUT2D eigenvalue weighted by Gasteiger charge is 2.31. The van der Waals surface area contributed by atoms with Crippen molar-refractivity contribution in [2.75, 3.05) is 301 Å². The summed E-state index contributed by atoms with van der Waals surface area (Å²) in [5.41, 5.74) is 14.9. The average molecular weight is 1990 g/mol. The molecule has 1 atom stereocenters. The first-order valence-electron chi connectivity index (χ1n) is 49.6. The van der Waals surface area contributed by atoms with E-state index in [2.05, 4.69) is 151 Å². The highest BCUT2D eigenvalue weighted by molar-refractivity contribution is 7.88. The number of rotatable bonds is 16. The largest absolute Gasteiger partial charge is 0.492 e. The number of amides is 1. The number of aryl methyl sites for hydroxylation is 2. The number of nitrogens with one attached hydrogen (secondary N) is 10. The van der Waals surface area contributed by atoms with E-state index in [9.17, 15) is 44.9 Å². The normalized spacial score (nSPS) is 18.2. The van der Waals surface area contributed by atoms with Gasteiger partial charge in [0.2, 0.25) is 21.9 Å². The first-order valence-corrected chi connectivity index (χ1v) is 51.8. The number of Topliss-reactive ketones (excluding diaryl/α,β-unsaturated/α-hetero) is 1. The van der Waals surface area contributed by atoms with Crippen LogP contribution < -0.4 is 103 Å². The standard InChI is InChI=1S/C12H16N2O.C12H17NO.C11H15ClN2.C11H16N2.C10H12F3N3.C10H12F2N2.C10H13N3O.C9H12N2.C8H12N4.C5H12N2O2S.C5H10N2O/c1-10(15)11-2-4-12(5-3-11)14-8-6-13-7-9-14;1-2-6-12(7-3-1)14-11-10-13-8-4-5-9-13;1-9-3-2-4-10(11(9)12)14-7-5-13-6-8-14;1-10-2-4-11(5-3-10)13-8-6-12-7-9-13;11-10(12,13)8-1-2-9(15-7-8)16-5-3-14-4-6-16;11-8-1-2-10(9(12)7-8)14-5-3-13-4-6-14;14-12-9-1-3-10(4-2-9)13-7-5-11-6-8-13;1-2-7-11(6-1)9-4-3-5-10-8-9;1-2-10-8(11-3-1)12-6-4-9-5-7-12;1-10(8,9)7-4-2-6-3-5-7;6-5(8)4-2-1-3-7-4/h2-5,13H,6-9H2,1H3;1-3,6-7H,4-5,8-11H2;2-4,13H,5-8H2,1H3;2-5,12H,6-9H2,1H3;1-2,7,14H,3-6H2;1-2,7,13H,3-6H2;1-4,11H,5-8H2;3-5,8H,1-2,6-7H2;1-3,9H,4-7H2;6H,2-5H2,1H3;4,7H,1-3H2,(H2,6,8)/p+1. The maximum atomic E-state index is 13.3. The van der Waals surface area contributed by atoms with Crippen LogP contribution in [-0.2, 0) is 21.0 Å².